The van der Waals surface area contributed by atoms with Gasteiger partial charge in [-0.3, -0.25) is 10.6 Å². The van der Waals surface area contributed by atoms with E-state index in [2.05, 4.69) is 20.7 Å². The molecule has 1 aliphatic rings. The highest BCUT2D eigenvalue weighted by Crippen LogP contribution is 2.26. The number of nitrogens with zero attached hydrogens (tertiary/aromatic N) is 3. The van der Waals surface area contributed by atoms with Gasteiger partial charge in [0.25, 0.3) is 0 Å². The van der Waals surface area contributed by atoms with Crippen LogP contribution in [0.15, 0.2) is 36.5 Å². The van der Waals surface area contributed by atoms with Crippen molar-refractivity contribution >= 4 is 38.5 Å². The van der Waals surface area contributed by atoms with E-state index in [1.54, 1.807) is 12.3 Å². The maximum atomic E-state index is 12.3. The molecule has 0 radical (unpaired) electrons. The molecule has 1 fully saturated rings. The van der Waals surface area contributed by atoms with Crippen molar-refractivity contribution in [2.75, 3.05) is 23.8 Å². The van der Waals surface area contributed by atoms with E-state index in [-0.39, 0.29) is 12.1 Å². The van der Waals surface area contributed by atoms with Crippen LogP contribution in [0.5, 0.6) is 0 Å². The number of hydrogen-bond donors (Lipinski definition) is 2. The first-order chi connectivity index (χ1) is 11.8. The molecule has 7 nitrogen and oxygen atoms in total. The predicted octanol–water partition coefficient (Wildman–Crippen LogP) is 3.49. The van der Waals surface area contributed by atoms with Crippen LogP contribution in [-0.4, -0.2) is 34.0 Å². The van der Waals surface area contributed by atoms with Gasteiger partial charge in [0.2, 0.25) is 0 Å². The second-order valence-electron chi connectivity index (χ2n) is 5.57. The Balaban J connectivity index is 1.45. The summed E-state index contributed by atoms with van der Waals surface area (Å²) in [6.45, 7) is 1.45. The van der Waals surface area contributed by atoms with Crippen LogP contribution in [0.25, 0.3) is 10.2 Å². The number of aromatic nitrogens is 3. The van der Waals surface area contributed by atoms with Crippen molar-refractivity contribution in [3.8, 4) is 0 Å². The van der Waals surface area contributed by atoms with Crippen LogP contribution in [0, 0.1) is 0 Å². The molecule has 1 aromatic carbocycles. The summed E-state index contributed by atoms with van der Waals surface area (Å²) in [7, 11) is 0. The van der Waals surface area contributed by atoms with Gasteiger partial charge in [-0.1, -0.05) is 23.5 Å². The fraction of sp³-hybridized carbons (Fsp3) is 0.312. The molecule has 0 bridgehead atoms. The van der Waals surface area contributed by atoms with Crippen LogP contribution < -0.4 is 10.6 Å². The summed E-state index contributed by atoms with van der Waals surface area (Å²) >= 11 is 1.45. The van der Waals surface area contributed by atoms with E-state index in [1.165, 1.54) is 11.3 Å². The first-order valence-corrected chi connectivity index (χ1v) is 8.66. The highest BCUT2D eigenvalue weighted by atomic mass is 32.1. The number of thiazole rings is 1. The molecule has 2 aromatic heterocycles. The fourth-order valence-electron chi connectivity index (χ4n) is 2.80. The highest BCUT2D eigenvalue weighted by molar-refractivity contribution is 7.22. The summed E-state index contributed by atoms with van der Waals surface area (Å²) < 4.78 is 8.28. The zero-order valence-electron chi connectivity index (χ0n) is 12.9. The Hall–Kier alpha value is -2.45. The molecule has 1 saturated heterocycles. The van der Waals surface area contributed by atoms with Crippen molar-refractivity contribution in [2.45, 2.75) is 18.9 Å². The van der Waals surface area contributed by atoms with E-state index >= 15 is 0 Å². The Morgan fingerprint density at radius 2 is 2.04 bits per heavy atom. The van der Waals surface area contributed by atoms with Gasteiger partial charge in [-0.25, -0.2) is 14.5 Å². The zero-order valence-corrected chi connectivity index (χ0v) is 13.8. The first-order valence-electron chi connectivity index (χ1n) is 7.84. The number of para-hydroxylation sites is 1. The van der Waals surface area contributed by atoms with Gasteiger partial charge in [0.1, 0.15) is 5.82 Å². The van der Waals surface area contributed by atoms with Crippen LogP contribution >= 0.6 is 11.3 Å². The molecule has 2 N–H and O–H groups in total. The molecular formula is C16H17N5O2S. The molecule has 124 valence electrons. The molecule has 3 heterocycles. The van der Waals surface area contributed by atoms with Gasteiger partial charge < -0.3 is 4.74 Å². The number of benzene rings is 1. The fourth-order valence-corrected chi connectivity index (χ4v) is 3.67. The standard InChI is InChI=1S/C16H17N5O2S/c22-15(20-16-18-12-3-1-2-4-13(12)24-16)19-14-5-8-17-21(14)11-6-9-23-10-7-11/h1-5,8,11H,6-7,9-10H2,(H2,18,19,20,22). The van der Waals surface area contributed by atoms with E-state index in [0.29, 0.717) is 10.9 Å². The van der Waals surface area contributed by atoms with Crippen LogP contribution in [-0.2, 0) is 4.74 Å². The summed E-state index contributed by atoms with van der Waals surface area (Å²) in [6, 6.07) is 9.53. The molecule has 2 amide bonds. The van der Waals surface area contributed by atoms with E-state index in [0.717, 1.165) is 36.3 Å². The molecule has 0 spiro atoms. The number of nitrogens with one attached hydrogen (secondary N) is 2. The van der Waals surface area contributed by atoms with Gasteiger partial charge in [0, 0.05) is 19.3 Å². The minimum Gasteiger partial charge on any atom is -0.381 e. The minimum atomic E-state index is -0.317. The maximum Gasteiger partial charge on any atom is 0.326 e. The molecule has 24 heavy (non-hydrogen) atoms. The van der Waals surface area contributed by atoms with E-state index in [1.807, 2.05) is 28.9 Å². The van der Waals surface area contributed by atoms with Crippen LogP contribution in [0.4, 0.5) is 15.7 Å². The van der Waals surface area contributed by atoms with Gasteiger partial charge in [-0.05, 0) is 25.0 Å². The van der Waals surface area contributed by atoms with Gasteiger partial charge >= 0.3 is 6.03 Å². The van der Waals surface area contributed by atoms with Gasteiger partial charge in [0.15, 0.2) is 5.13 Å². The molecule has 8 heteroatoms. The van der Waals surface area contributed by atoms with Crippen molar-refractivity contribution in [1.82, 2.24) is 14.8 Å². The van der Waals surface area contributed by atoms with Crippen molar-refractivity contribution in [2.24, 2.45) is 0 Å². The lowest BCUT2D eigenvalue weighted by Crippen LogP contribution is -2.25. The molecule has 3 aromatic rings. The summed E-state index contributed by atoms with van der Waals surface area (Å²) in [5.74, 6) is 0.681. The van der Waals surface area contributed by atoms with E-state index < -0.39 is 0 Å². The van der Waals surface area contributed by atoms with Crippen molar-refractivity contribution in [3.05, 3.63) is 36.5 Å². The number of carbonyl (C=O) groups excluding carboxylic acids is 1. The van der Waals surface area contributed by atoms with Crippen molar-refractivity contribution < 1.29 is 9.53 Å². The molecule has 1 aliphatic heterocycles. The number of ether oxygens (including phenoxy) is 1. The summed E-state index contributed by atoms with van der Waals surface area (Å²) in [6.07, 6.45) is 3.49. The van der Waals surface area contributed by atoms with Crippen LogP contribution in [0.1, 0.15) is 18.9 Å². The van der Waals surface area contributed by atoms with Gasteiger partial charge in [-0.15, -0.1) is 0 Å². The highest BCUT2D eigenvalue weighted by Gasteiger charge is 2.19. The summed E-state index contributed by atoms with van der Waals surface area (Å²) in [5.41, 5.74) is 0.880. The number of carbonyl (C=O) groups is 1. The quantitative estimate of drug-likeness (QED) is 0.763. The van der Waals surface area contributed by atoms with Crippen molar-refractivity contribution in [3.63, 3.8) is 0 Å². The minimum absolute atomic E-state index is 0.256. The lowest BCUT2D eigenvalue weighted by Gasteiger charge is -2.24. The van der Waals surface area contributed by atoms with Crippen LogP contribution in [0.2, 0.25) is 0 Å². The molecule has 0 atom stereocenters. The Bertz CT molecular complexity index is 820. The number of anilines is 2. The topological polar surface area (TPSA) is 81.1 Å². The Morgan fingerprint density at radius 3 is 2.88 bits per heavy atom. The average Bonchev–Trinajstić information content (AvgIpc) is 3.21. The molecular weight excluding hydrogens is 326 g/mol. The molecule has 4 rings (SSSR count). The number of hydrogen-bond acceptors (Lipinski definition) is 5. The molecule has 0 saturated carbocycles. The zero-order chi connectivity index (χ0) is 16.4. The Labute approximate surface area is 142 Å². The SMILES string of the molecule is O=C(Nc1nc2ccccc2s1)Nc1ccnn1C1CCOCC1. The normalized spacial score (nSPS) is 15.5. The lowest BCUT2D eigenvalue weighted by atomic mass is 10.1. The molecule has 0 aliphatic carbocycles. The Kier molecular flexibility index (Phi) is 4.14. The number of amides is 2. The monoisotopic (exact) mass is 343 g/mol. The third-order valence-electron chi connectivity index (χ3n) is 3.96. The summed E-state index contributed by atoms with van der Waals surface area (Å²) in [5, 5.41) is 10.6. The number of fused-ring (bicyclic) bond motifs is 1. The average molecular weight is 343 g/mol. The lowest BCUT2D eigenvalue weighted by molar-refractivity contribution is 0.0668. The van der Waals surface area contributed by atoms with Gasteiger partial charge in [-0.2, -0.15) is 5.10 Å². The second-order valence-corrected chi connectivity index (χ2v) is 6.60. The van der Waals surface area contributed by atoms with Crippen LogP contribution in [0.3, 0.4) is 0 Å². The third kappa shape index (κ3) is 3.10. The number of urea groups is 1. The molecule has 0 unspecified atom stereocenters. The third-order valence-corrected chi connectivity index (χ3v) is 4.91. The van der Waals surface area contributed by atoms with Gasteiger partial charge in [0.05, 0.1) is 22.5 Å². The largest absolute Gasteiger partial charge is 0.381 e. The summed E-state index contributed by atoms with van der Waals surface area (Å²) in [4.78, 5) is 16.7. The van der Waals surface area contributed by atoms with E-state index in [4.69, 9.17) is 4.74 Å². The first kappa shape index (κ1) is 15.1. The van der Waals surface area contributed by atoms with Crippen molar-refractivity contribution in [1.29, 1.82) is 0 Å². The smallest absolute Gasteiger partial charge is 0.326 e. The second kappa shape index (κ2) is 6.58. The predicted molar refractivity (Wildman–Crippen MR) is 93.6 cm³/mol. The van der Waals surface area contributed by atoms with E-state index in [9.17, 15) is 4.79 Å². The maximum absolute atomic E-state index is 12.3. The number of rotatable bonds is 3. The Morgan fingerprint density at radius 1 is 1.21 bits per heavy atom.